The van der Waals surface area contributed by atoms with Gasteiger partial charge in [-0.3, -0.25) is 0 Å². The molecule has 0 fully saturated rings. The Hall–Kier alpha value is -2.37. The van der Waals surface area contributed by atoms with Crippen LogP contribution in [0.3, 0.4) is 0 Å². The molecule has 0 aromatic rings. The number of hydrogen-bond donors (Lipinski definition) is 1. The highest BCUT2D eigenvalue weighted by Crippen LogP contribution is 2.11. The molecule has 0 radical (unpaired) electrons. The van der Waals surface area contributed by atoms with Gasteiger partial charge in [0.1, 0.15) is 0 Å². The molecule has 0 aliphatic heterocycles. The van der Waals surface area contributed by atoms with Crippen LogP contribution in [-0.4, -0.2) is 36.2 Å². The minimum Gasteiger partial charge on any atom is -0.478 e. The minimum absolute atomic E-state index is 0.258. The van der Waals surface area contributed by atoms with Crippen molar-refractivity contribution in [1.29, 1.82) is 0 Å². The minimum atomic E-state index is -0.981. The number of carboxylic acids is 1. The van der Waals surface area contributed by atoms with Crippen molar-refractivity contribution in [2.45, 2.75) is 149 Å². The molecule has 0 aromatic heterocycles. The lowest BCUT2D eigenvalue weighted by molar-refractivity contribution is -0.139. The van der Waals surface area contributed by atoms with Gasteiger partial charge in [-0.1, -0.05) is 149 Å². The van der Waals surface area contributed by atoms with E-state index in [2.05, 4.69) is 33.6 Å². The third-order valence-electron chi connectivity index (χ3n) is 6.16. The molecule has 0 aliphatic rings. The van der Waals surface area contributed by atoms with E-state index in [4.69, 9.17) is 14.6 Å². The summed E-state index contributed by atoms with van der Waals surface area (Å²) in [5, 5.41) is 7.60. The number of unbranched alkanes of at least 4 members (excludes halogenated alkanes) is 18. The number of rotatable bonds is 25. The Balaban J connectivity index is -0.000000586. The summed E-state index contributed by atoms with van der Waals surface area (Å²) in [4.78, 5) is 31.1. The van der Waals surface area contributed by atoms with Gasteiger partial charge >= 0.3 is 17.9 Å². The first-order chi connectivity index (χ1) is 19.3. The first-order valence-electron chi connectivity index (χ1n) is 15.7. The van der Waals surface area contributed by atoms with E-state index in [9.17, 15) is 14.4 Å². The van der Waals surface area contributed by atoms with E-state index in [1.54, 1.807) is 6.92 Å². The Morgan fingerprint density at radius 3 is 1.15 bits per heavy atom. The van der Waals surface area contributed by atoms with Gasteiger partial charge in [-0.2, -0.15) is 0 Å². The standard InChI is InChI=1S/C16H30O2.C15H28O2.C3H4O2/c1-4-5-6-7-8-9-10-11-12-13-14-18-16(17)15(2)3;1-3-5-6-7-8-9-10-11-12-13-14-17-15(16)4-2;1-2-3(4)5/h2,4-14H2,1,3H3;4H,2-3,5-14H2,1H3;2H,1H2,(H,4,5). The third kappa shape index (κ3) is 42.7. The number of aliphatic carboxylic acids is 1. The van der Waals surface area contributed by atoms with Crippen molar-refractivity contribution >= 4 is 17.9 Å². The Morgan fingerprint density at radius 2 is 0.875 bits per heavy atom. The Morgan fingerprint density at radius 1 is 0.575 bits per heavy atom. The molecule has 0 saturated carbocycles. The lowest BCUT2D eigenvalue weighted by atomic mass is 10.1. The summed E-state index contributed by atoms with van der Waals surface area (Å²) in [6.45, 7) is 17.1. The quantitative estimate of drug-likeness (QED) is 0.0672. The normalized spacial score (nSPS) is 9.78. The molecule has 6 heteroatoms. The van der Waals surface area contributed by atoms with Crippen molar-refractivity contribution in [2.24, 2.45) is 0 Å². The highest BCUT2D eigenvalue weighted by atomic mass is 16.5. The van der Waals surface area contributed by atoms with Crippen molar-refractivity contribution in [3.8, 4) is 0 Å². The zero-order valence-electron chi connectivity index (χ0n) is 26.3. The summed E-state index contributed by atoms with van der Waals surface area (Å²) < 4.78 is 9.94. The molecule has 0 heterocycles. The third-order valence-corrected chi connectivity index (χ3v) is 6.16. The predicted octanol–water partition coefficient (Wildman–Crippen LogP) is 9.92. The summed E-state index contributed by atoms with van der Waals surface area (Å²) in [5.74, 6) is -1.54. The van der Waals surface area contributed by atoms with Crippen molar-refractivity contribution in [1.82, 2.24) is 0 Å². The zero-order valence-corrected chi connectivity index (χ0v) is 26.3. The Labute approximate surface area is 246 Å². The highest BCUT2D eigenvalue weighted by Gasteiger charge is 2.01. The number of esters is 2. The Kier molecular flexibility index (Phi) is 38.6. The van der Waals surface area contributed by atoms with Crippen molar-refractivity contribution < 1.29 is 29.0 Å². The van der Waals surface area contributed by atoms with Crippen LogP contribution in [0, 0.1) is 0 Å². The molecule has 0 unspecified atom stereocenters. The van der Waals surface area contributed by atoms with Gasteiger partial charge in [-0.05, 0) is 19.8 Å². The van der Waals surface area contributed by atoms with E-state index in [0.717, 1.165) is 18.9 Å². The van der Waals surface area contributed by atoms with Gasteiger partial charge in [0.2, 0.25) is 0 Å². The predicted molar refractivity (Wildman–Crippen MR) is 168 cm³/mol. The summed E-state index contributed by atoms with van der Waals surface area (Å²) in [5.41, 5.74) is 0.488. The van der Waals surface area contributed by atoms with Gasteiger partial charge in [0.15, 0.2) is 0 Å². The molecular weight excluding hydrogens is 504 g/mol. The molecule has 0 saturated heterocycles. The molecule has 234 valence electrons. The van der Waals surface area contributed by atoms with E-state index >= 15 is 0 Å². The molecule has 0 bridgehead atoms. The molecule has 0 aliphatic carbocycles. The van der Waals surface area contributed by atoms with Crippen LogP contribution >= 0.6 is 0 Å². The van der Waals surface area contributed by atoms with Crippen LogP contribution < -0.4 is 0 Å². The maximum absolute atomic E-state index is 11.1. The average Bonchev–Trinajstić information content (AvgIpc) is 2.94. The molecule has 1 N–H and O–H groups in total. The van der Waals surface area contributed by atoms with Crippen LogP contribution in [0.2, 0.25) is 0 Å². The van der Waals surface area contributed by atoms with Crippen LogP contribution in [0.15, 0.2) is 37.5 Å². The van der Waals surface area contributed by atoms with Gasteiger partial charge in [0.05, 0.1) is 13.2 Å². The van der Waals surface area contributed by atoms with Gasteiger partial charge in [-0.15, -0.1) is 0 Å². The fourth-order valence-electron chi connectivity index (χ4n) is 3.70. The number of ether oxygens (including phenoxy) is 2. The fourth-order valence-corrected chi connectivity index (χ4v) is 3.70. The van der Waals surface area contributed by atoms with E-state index < -0.39 is 5.97 Å². The molecule has 40 heavy (non-hydrogen) atoms. The first-order valence-corrected chi connectivity index (χ1v) is 15.7. The van der Waals surface area contributed by atoms with Crippen molar-refractivity contribution in [3.63, 3.8) is 0 Å². The molecule has 6 nitrogen and oxygen atoms in total. The lowest BCUT2D eigenvalue weighted by Gasteiger charge is -2.04. The number of carbonyl (C=O) groups is 3. The average molecular weight is 567 g/mol. The SMILES string of the molecule is C=C(C)C(=O)OCCCCCCCCCCCC.C=CC(=O)O.C=CC(=O)OCCCCCCCCCCCC. The summed E-state index contributed by atoms with van der Waals surface area (Å²) in [6.07, 6.45) is 28.0. The van der Waals surface area contributed by atoms with Crippen molar-refractivity contribution in [3.05, 3.63) is 37.5 Å². The topological polar surface area (TPSA) is 89.9 Å². The number of carbonyl (C=O) groups excluding carboxylic acids is 2. The summed E-state index contributed by atoms with van der Waals surface area (Å²) in [7, 11) is 0. The lowest BCUT2D eigenvalue weighted by Crippen LogP contribution is -2.05. The molecule has 0 rings (SSSR count). The fraction of sp³-hybridized carbons (Fsp3) is 0.735. The van der Waals surface area contributed by atoms with Crippen LogP contribution in [0.4, 0.5) is 0 Å². The second-order valence-corrected chi connectivity index (χ2v) is 10.2. The molecular formula is C34H62O6. The second-order valence-electron chi connectivity index (χ2n) is 10.2. The van der Waals surface area contributed by atoms with Gasteiger partial charge in [-0.25, -0.2) is 14.4 Å². The number of carboxylic acid groups (broad SMARTS) is 1. The summed E-state index contributed by atoms with van der Waals surface area (Å²) in [6, 6.07) is 0. The highest BCUT2D eigenvalue weighted by molar-refractivity contribution is 5.86. The van der Waals surface area contributed by atoms with Gasteiger partial charge in [0.25, 0.3) is 0 Å². The molecule has 0 amide bonds. The maximum atomic E-state index is 11.1. The second kappa shape index (κ2) is 36.6. The van der Waals surface area contributed by atoms with Crippen molar-refractivity contribution in [2.75, 3.05) is 13.2 Å². The molecule has 0 atom stereocenters. The summed E-state index contributed by atoms with van der Waals surface area (Å²) >= 11 is 0. The van der Waals surface area contributed by atoms with E-state index in [-0.39, 0.29) is 11.9 Å². The first kappa shape index (κ1) is 42.1. The smallest absolute Gasteiger partial charge is 0.333 e. The van der Waals surface area contributed by atoms with E-state index in [1.807, 2.05) is 0 Å². The maximum Gasteiger partial charge on any atom is 0.333 e. The Bertz CT molecular complexity index is 626. The van der Waals surface area contributed by atoms with Crippen LogP contribution in [0.1, 0.15) is 149 Å². The monoisotopic (exact) mass is 566 g/mol. The molecule has 0 aromatic carbocycles. The molecule has 0 spiro atoms. The van der Waals surface area contributed by atoms with Crippen LogP contribution in [0.5, 0.6) is 0 Å². The zero-order chi connectivity index (χ0) is 30.7. The van der Waals surface area contributed by atoms with Gasteiger partial charge < -0.3 is 14.6 Å². The number of hydrogen-bond acceptors (Lipinski definition) is 5. The van der Waals surface area contributed by atoms with Crippen LogP contribution in [0.25, 0.3) is 0 Å². The van der Waals surface area contributed by atoms with Gasteiger partial charge in [0, 0.05) is 17.7 Å². The van der Waals surface area contributed by atoms with Crippen LogP contribution in [-0.2, 0) is 23.9 Å². The van der Waals surface area contributed by atoms with E-state index in [0.29, 0.717) is 18.8 Å². The van der Waals surface area contributed by atoms with E-state index in [1.165, 1.54) is 122 Å². The largest absolute Gasteiger partial charge is 0.478 e.